The second-order valence-corrected chi connectivity index (χ2v) is 6.63. The molecule has 1 saturated carbocycles. The van der Waals surface area contributed by atoms with Crippen molar-refractivity contribution in [2.24, 2.45) is 5.92 Å². The molecule has 1 amide bonds. The van der Waals surface area contributed by atoms with Gasteiger partial charge in [-0.05, 0) is 49.9 Å². The Morgan fingerprint density at radius 3 is 2.88 bits per heavy atom. The number of carbonyl (C=O) groups is 1. The Labute approximate surface area is 145 Å². The van der Waals surface area contributed by atoms with Crippen molar-refractivity contribution in [2.75, 3.05) is 0 Å². The van der Waals surface area contributed by atoms with Crippen molar-refractivity contribution < 1.29 is 9.90 Å². The number of fused-ring (bicyclic) bond motifs is 1. The molecule has 2 N–H and O–H groups in total. The maximum atomic E-state index is 12.9. The summed E-state index contributed by atoms with van der Waals surface area (Å²) in [6.45, 7) is 1.90. The van der Waals surface area contributed by atoms with Gasteiger partial charge in [0.05, 0.1) is 29.1 Å². The van der Waals surface area contributed by atoms with Crippen LogP contribution in [0.4, 0.5) is 0 Å². The van der Waals surface area contributed by atoms with E-state index in [1.165, 1.54) is 0 Å². The lowest BCUT2D eigenvalue weighted by Gasteiger charge is -2.37. The van der Waals surface area contributed by atoms with Gasteiger partial charge in [0.2, 0.25) is 0 Å². The van der Waals surface area contributed by atoms with Gasteiger partial charge in [0.25, 0.3) is 5.91 Å². The molecule has 3 aromatic heterocycles. The lowest BCUT2D eigenvalue weighted by Crippen LogP contribution is -2.41. The number of nitrogens with zero attached hydrogens (tertiary/aromatic N) is 3. The number of hydrogen-bond donors (Lipinski definition) is 2. The van der Waals surface area contributed by atoms with Crippen LogP contribution in [-0.4, -0.2) is 31.5 Å². The number of carbonyl (C=O) groups excluding carboxylic acids is 1. The van der Waals surface area contributed by atoms with Gasteiger partial charge in [0.1, 0.15) is 5.65 Å². The van der Waals surface area contributed by atoms with E-state index in [1.54, 1.807) is 12.3 Å². The molecule has 6 heteroatoms. The van der Waals surface area contributed by atoms with Crippen LogP contribution in [0.1, 0.15) is 40.6 Å². The van der Waals surface area contributed by atoms with Crippen LogP contribution in [0.25, 0.3) is 5.65 Å². The van der Waals surface area contributed by atoms with Gasteiger partial charge >= 0.3 is 0 Å². The zero-order chi connectivity index (χ0) is 17.4. The van der Waals surface area contributed by atoms with Crippen molar-refractivity contribution in [3.05, 3.63) is 65.9 Å². The van der Waals surface area contributed by atoms with E-state index in [2.05, 4.69) is 15.3 Å². The van der Waals surface area contributed by atoms with Crippen molar-refractivity contribution in [2.45, 2.75) is 31.9 Å². The molecule has 1 aliphatic rings. The first-order valence-corrected chi connectivity index (χ1v) is 8.46. The fourth-order valence-corrected chi connectivity index (χ4v) is 3.43. The monoisotopic (exact) mass is 336 g/mol. The number of aryl methyl sites for hydroxylation is 1. The largest absolute Gasteiger partial charge is 0.393 e. The molecule has 25 heavy (non-hydrogen) atoms. The number of aliphatic hydroxyl groups is 1. The van der Waals surface area contributed by atoms with Crippen molar-refractivity contribution in [1.29, 1.82) is 0 Å². The predicted octanol–water partition coefficient (Wildman–Crippen LogP) is 2.28. The maximum Gasteiger partial charge on any atom is 0.255 e. The summed E-state index contributed by atoms with van der Waals surface area (Å²) in [7, 11) is 0. The number of hydrogen-bond acceptors (Lipinski definition) is 4. The number of aromatic nitrogens is 3. The van der Waals surface area contributed by atoms with Gasteiger partial charge in [-0.15, -0.1) is 0 Å². The van der Waals surface area contributed by atoms with Crippen LogP contribution in [-0.2, 0) is 0 Å². The third-order valence-corrected chi connectivity index (χ3v) is 4.76. The van der Waals surface area contributed by atoms with Crippen molar-refractivity contribution in [3.8, 4) is 0 Å². The quantitative estimate of drug-likeness (QED) is 0.766. The van der Waals surface area contributed by atoms with Crippen LogP contribution in [0.5, 0.6) is 0 Å². The molecule has 6 nitrogen and oxygen atoms in total. The molecule has 3 aromatic rings. The van der Waals surface area contributed by atoms with Gasteiger partial charge in [0.15, 0.2) is 0 Å². The van der Waals surface area contributed by atoms with Crippen molar-refractivity contribution in [1.82, 2.24) is 19.7 Å². The average molecular weight is 336 g/mol. The van der Waals surface area contributed by atoms with Crippen molar-refractivity contribution in [3.63, 3.8) is 0 Å². The van der Waals surface area contributed by atoms with Crippen molar-refractivity contribution >= 4 is 11.6 Å². The molecule has 1 atom stereocenters. The summed E-state index contributed by atoms with van der Waals surface area (Å²) in [5.41, 5.74) is 2.87. The molecule has 3 heterocycles. The molecule has 0 aromatic carbocycles. The van der Waals surface area contributed by atoms with Crippen LogP contribution in [0.15, 0.2) is 48.9 Å². The predicted molar refractivity (Wildman–Crippen MR) is 93.1 cm³/mol. The van der Waals surface area contributed by atoms with E-state index in [0.29, 0.717) is 24.1 Å². The van der Waals surface area contributed by atoms with Crippen LogP contribution >= 0.6 is 0 Å². The molecular formula is C19H20N4O2. The highest BCUT2D eigenvalue weighted by molar-refractivity contribution is 6.00. The lowest BCUT2D eigenvalue weighted by molar-refractivity contribution is 0.0228. The first-order chi connectivity index (χ1) is 12.1. The van der Waals surface area contributed by atoms with Gasteiger partial charge in [-0.1, -0.05) is 6.07 Å². The van der Waals surface area contributed by atoms with E-state index in [9.17, 15) is 9.90 Å². The summed E-state index contributed by atoms with van der Waals surface area (Å²) in [4.78, 5) is 21.8. The van der Waals surface area contributed by atoms with E-state index in [4.69, 9.17) is 0 Å². The van der Waals surface area contributed by atoms with E-state index in [0.717, 1.165) is 11.4 Å². The highest BCUT2D eigenvalue weighted by Crippen LogP contribution is 2.37. The smallest absolute Gasteiger partial charge is 0.255 e. The Morgan fingerprint density at radius 2 is 2.16 bits per heavy atom. The number of rotatable bonds is 4. The maximum absolute atomic E-state index is 12.9. The van der Waals surface area contributed by atoms with Gasteiger partial charge in [0, 0.05) is 18.6 Å². The first kappa shape index (κ1) is 15.8. The van der Waals surface area contributed by atoms with Gasteiger partial charge < -0.3 is 14.8 Å². The normalized spacial score (nSPS) is 20.9. The fraction of sp³-hybridized carbons (Fsp3) is 0.316. The summed E-state index contributed by atoms with van der Waals surface area (Å²) in [5.74, 6) is 0.0170. The zero-order valence-corrected chi connectivity index (χ0v) is 14.0. The highest BCUT2D eigenvalue weighted by Gasteiger charge is 2.36. The molecule has 4 rings (SSSR count). The lowest BCUT2D eigenvalue weighted by atomic mass is 9.76. The first-order valence-electron chi connectivity index (χ1n) is 8.46. The van der Waals surface area contributed by atoms with Crippen LogP contribution in [0.3, 0.4) is 0 Å². The summed E-state index contributed by atoms with van der Waals surface area (Å²) >= 11 is 0. The molecule has 0 aliphatic heterocycles. The minimum Gasteiger partial charge on any atom is -0.393 e. The second-order valence-electron chi connectivity index (χ2n) is 6.63. The van der Waals surface area contributed by atoms with E-state index in [-0.39, 0.29) is 24.0 Å². The summed E-state index contributed by atoms with van der Waals surface area (Å²) in [6.07, 6.45) is 6.56. The van der Waals surface area contributed by atoms with Gasteiger partial charge in [-0.3, -0.25) is 9.78 Å². The standard InChI is InChI=1S/C19H20N4O2/c1-12-11-23-8-4-5-15(18(23)21-12)19(25)22-17(13-9-14(24)10-13)16-6-2-3-7-20-16/h2-8,11,13-14,17,24H,9-10H2,1H3,(H,22,25). The second kappa shape index (κ2) is 6.29. The summed E-state index contributed by atoms with van der Waals surface area (Å²) in [6, 6.07) is 9.08. The minimum absolute atomic E-state index is 0.173. The number of amides is 1. The molecular weight excluding hydrogens is 316 g/mol. The number of imidazole rings is 1. The molecule has 0 bridgehead atoms. The van der Waals surface area contributed by atoms with E-state index >= 15 is 0 Å². The Morgan fingerprint density at radius 1 is 1.32 bits per heavy atom. The van der Waals surface area contributed by atoms with Gasteiger partial charge in [-0.2, -0.15) is 0 Å². The SMILES string of the molecule is Cc1cn2cccc(C(=O)NC(c3ccccn3)C3CC(O)C3)c2n1. The van der Waals surface area contributed by atoms with E-state index in [1.807, 2.05) is 48.0 Å². The Bertz CT molecular complexity index is 900. The number of pyridine rings is 2. The Kier molecular flexibility index (Phi) is 3.97. The topological polar surface area (TPSA) is 79.5 Å². The molecule has 1 fully saturated rings. The summed E-state index contributed by atoms with van der Waals surface area (Å²) in [5, 5.41) is 12.8. The fourth-order valence-electron chi connectivity index (χ4n) is 3.43. The van der Waals surface area contributed by atoms with Gasteiger partial charge in [-0.25, -0.2) is 4.98 Å². The Balaban J connectivity index is 1.64. The van der Waals surface area contributed by atoms with Crippen LogP contribution < -0.4 is 5.32 Å². The molecule has 128 valence electrons. The van der Waals surface area contributed by atoms with E-state index < -0.39 is 0 Å². The third-order valence-electron chi connectivity index (χ3n) is 4.76. The summed E-state index contributed by atoms with van der Waals surface area (Å²) < 4.78 is 1.85. The molecule has 1 unspecified atom stereocenters. The highest BCUT2D eigenvalue weighted by atomic mass is 16.3. The molecule has 0 spiro atoms. The Hall–Kier alpha value is -2.73. The average Bonchev–Trinajstić information content (AvgIpc) is 2.98. The molecule has 0 radical (unpaired) electrons. The third kappa shape index (κ3) is 3.00. The van der Waals surface area contributed by atoms with Crippen LogP contribution in [0.2, 0.25) is 0 Å². The molecule has 0 saturated heterocycles. The number of nitrogens with one attached hydrogen (secondary N) is 1. The zero-order valence-electron chi connectivity index (χ0n) is 14.0. The molecule has 1 aliphatic carbocycles. The number of aliphatic hydroxyl groups excluding tert-OH is 1. The van der Waals surface area contributed by atoms with Crippen LogP contribution in [0, 0.1) is 12.8 Å². The minimum atomic E-state index is -0.286.